The molecule has 0 aliphatic rings. The molecule has 1 aromatic carbocycles. The van der Waals surface area contributed by atoms with Crippen LogP contribution in [-0.2, 0) is 4.74 Å². The van der Waals surface area contributed by atoms with Gasteiger partial charge in [-0.25, -0.2) is 0 Å². The second-order valence-corrected chi connectivity index (χ2v) is 4.23. The number of hydrogen-bond donors (Lipinski definition) is 2. The third-order valence-corrected chi connectivity index (χ3v) is 3.08. The van der Waals surface area contributed by atoms with E-state index in [0.717, 1.165) is 16.5 Å². The molecule has 2 aromatic rings. The molecular formula is C14H19N3O. The summed E-state index contributed by atoms with van der Waals surface area (Å²) < 4.78 is 5.63. The van der Waals surface area contributed by atoms with Crippen LogP contribution in [0.15, 0.2) is 36.5 Å². The predicted molar refractivity (Wildman–Crippen MR) is 72.9 cm³/mol. The van der Waals surface area contributed by atoms with Crippen LogP contribution >= 0.6 is 0 Å². The SMILES string of the molecule is CCOC(C)C(NN)c1cccc2cccnc12. The van der Waals surface area contributed by atoms with Gasteiger partial charge in [-0.2, -0.15) is 0 Å². The summed E-state index contributed by atoms with van der Waals surface area (Å²) in [5, 5.41) is 1.11. The standard InChI is InChI=1S/C14H19N3O/c1-3-18-10(2)13(17-15)12-8-4-6-11-7-5-9-16-14(11)12/h4-10,13,17H,3,15H2,1-2H3. The van der Waals surface area contributed by atoms with E-state index < -0.39 is 0 Å². The van der Waals surface area contributed by atoms with Crippen molar-refractivity contribution in [1.82, 2.24) is 10.4 Å². The van der Waals surface area contributed by atoms with E-state index in [1.54, 1.807) is 6.20 Å². The molecule has 0 aliphatic carbocycles. The van der Waals surface area contributed by atoms with Gasteiger partial charge in [0.2, 0.25) is 0 Å². The minimum Gasteiger partial charge on any atom is -0.377 e. The Bertz CT molecular complexity index is 510. The van der Waals surface area contributed by atoms with E-state index in [2.05, 4.69) is 10.4 Å². The van der Waals surface area contributed by atoms with Crippen LogP contribution < -0.4 is 11.3 Å². The van der Waals surface area contributed by atoms with Crippen LogP contribution in [0, 0.1) is 0 Å². The van der Waals surface area contributed by atoms with Crippen molar-refractivity contribution in [2.75, 3.05) is 6.61 Å². The van der Waals surface area contributed by atoms with E-state index in [-0.39, 0.29) is 12.1 Å². The van der Waals surface area contributed by atoms with Gasteiger partial charge in [-0.1, -0.05) is 24.3 Å². The molecule has 0 saturated carbocycles. The molecular weight excluding hydrogens is 226 g/mol. The summed E-state index contributed by atoms with van der Waals surface area (Å²) in [4.78, 5) is 4.44. The number of nitrogens with zero attached hydrogens (tertiary/aromatic N) is 1. The number of hydrogen-bond acceptors (Lipinski definition) is 4. The lowest BCUT2D eigenvalue weighted by molar-refractivity contribution is 0.0476. The minimum absolute atomic E-state index is 0.00685. The number of rotatable bonds is 5. The largest absolute Gasteiger partial charge is 0.377 e. The highest BCUT2D eigenvalue weighted by Crippen LogP contribution is 2.25. The van der Waals surface area contributed by atoms with Gasteiger partial charge in [0.05, 0.1) is 17.7 Å². The third kappa shape index (κ3) is 2.51. The molecule has 2 atom stereocenters. The first-order chi connectivity index (χ1) is 8.77. The van der Waals surface area contributed by atoms with Crippen molar-refractivity contribution in [2.45, 2.75) is 26.0 Å². The number of benzene rings is 1. The summed E-state index contributed by atoms with van der Waals surface area (Å²) in [6.07, 6.45) is 1.79. The summed E-state index contributed by atoms with van der Waals surface area (Å²) in [5.41, 5.74) is 4.86. The smallest absolute Gasteiger partial charge is 0.0755 e. The van der Waals surface area contributed by atoms with E-state index >= 15 is 0 Å². The maximum Gasteiger partial charge on any atom is 0.0755 e. The number of pyridine rings is 1. The topological polar surface area (TPSA) is 60.2 Å². The average molecular weight is 245 g/mol. The van der Waals surface area contributed by atoms with E-state index in [1.807, 2.05) is 44.2 Å². The zero-order chi connectivity index (χ0) is 13.0. The molecule has 0 saturated heterocycles. The molecule has 1 heterocycles. The van der Waals surface area contributed by atoms with Crippen LogP contribution in [0.5, 0.6) is 0 Å². The number of fused-ring (bicyclic) bond motifs is 1. The molecule has 4 nitrogen and oxygen atoms in total. The Kier molecular flexibility index (Phi) is 4.25. The van der Waals surface area contributed by atoms with Crippen LogP contribution in [-0.4, -0.2) is 17.7 Å². The number of aromatic nitrogens is 1. The van der Waals surface area contributed by atoms with Crippen LogP contribution in [0.2, 0.25) is 0 Å². The first-order valence-electron chi connectivity index (χ1n) is 6.19. The zero-order valence-electron chi connectivity index (χ0n) is 10.8. The normalized spacial score (nSPS) is 14.6. The van der Waals surface area contributed by atoms with Crippen molar-refractivity contribution in [3.8, 4) is 0 Å². The molecule has 2 unspecified atom stereocenters. The van der Waals surface area contributed by atoms with Crippen molar-refractivity contribution < 1.29 is 4.74 Å². The summed E-state index contributed by atoms with van der Waals surface area (Å²) in [7, 11) is 0. The lowest BCUT2D eigenvalue weighted by Crippen LogP contribution is -2.36. The van der Waals surface area contributed by atoms with E-state index in [9.17, 15) is 0 Å². The van der Waals surface area contributed by atoms with Gasteiger partial charge in [0.1, 0.15) is 0 Å². The Balaban J connectivity index is 2.44. The number of para-hydroxylation sites is 1. The van der Waals surface area contributed by atoms with Gasteiger partial charge in [-0.05, 0) is 25.5 Å². The Morgan fingerprint density at radius 3 is 2.83 bits per heavy atom. The molecule has 1 aromatic heterocycles. The first kappa shape index (κ1) is 13.0. The Morgan fingerprint density at radius 1 is 1.33 bits per heavy atom. The highest BCUT2D eigenvalue weighted by atomic mass is 16.5. The van der Waals surface area contributed by atoms with Crippen molar-refractivity contribution in [3.63, 3.8) is 0 Å². The zero-order valence-corrected chi connectivity index (χ0v) is 10.8. The summed E-state index contributed by atoms with van der Waals surface area (Å²) in [5.74, 6) is 5.67. The van der Waals surface area contributed by atoms with Crippen molar-refractivity contribution in [1.29, 1.82) is 0 Å². The van der Waals surface area contributed by atoms with Gasteiger partial charge in [-0.15, -0.1) is 0 Å². The quantitative estimate of drug-likeness (QED) is 0.626. The van der Waals surface area contributed by atoms with E-state index in [4.69, 9.17) is 10.6 Å². The predicted octanol–water partition coefficient (Wildman–Crippen LogP) is 2.16. The van der Waals surface area contributed by atoms with Gasteiger partial charge < -0.3 is 4.74 Å². The molecule has 0 amide bonds. The molecule has 0 radical (unpaired) electrons. The molecule has 0 aliphatic heterocycles. The van der Waals surface area contributed by atoms with E-state index in [0.29, 0.717) is 6.61 Å². The maximum atomic E-state index is 5.67. The van der Waals surface area contributed by atoms with Crippen LogP contribution in [0.1, 0.15) is 25.5 Å². The number of nitrogens with one attached hydrogen (secondary N) is 1. The number of ether oxygens (including phenoxy) is 1. The van der Waals surface area contributed by atoms with Gasteiger partial charge in [-0.3, -0.25) is 16.3 Å². The fraction of sp³-hybridized carbons (Fsp3) is 0.357. The molecule has 4 heteroatoms. The van der Waals surface area contributed by atoms with Gasteiger partial charge in [0.15, 0.2) is 0 Å². The monoisotopic (exact) mass is 245 g/mol. The highest BCUT2D eigenvalue weighted by molar-refractivity contribution is 5.82. The Hall–Kier alpha value is -1.49. The summed E-state index contributed by atoms with van der Waals surface area (Å²) in [6, 6.07) is 10.0. The number of hydrazine groups is 1. The molecule has 3 N–H and O–H groups in total. The molecule has 2 rings (SSSR count). The third-order valence-electron chi connectivity index (χ3n) is 3.08. The average Bonchev–Trinajstić information content (AvgIpc) is 2.40. The lowest BCUT2D eigenvalue weighted by Gasteiger charge is -2.24. The first-order valence-corrected chi connectivity index (χ1v) is 6.19. The lowest BCUT2D eigenvalue weighted by atomic mass is 9.99. The molecule has 96 valence electrons. The molecule has 0 spiro atoms. The fourth-order valence-electron chi connectivity index (χ4n) is 2.22. The molecule has 18 heavy (non-hydrogen) atoms. The summed E-state index contributed by atoms with van der Waals surface area (Å²) >= 11 is 0. The van der Waals surface area contributed by atoms with Crippen LogP contribution in [0.3, 0.4) is 0 Å². The Morgan fingerprint density at radius 2 is 2.11 bits per heavy atom. The minimum atomic E-state index is -0.0662. The second-order valence-electron chi connectivity index (χ2n) is 4.23. The van der Waals surface area contributed by atoms with Gasteiger partial charge in [0, 0.05) is 18.2 Å². The second kappa shape index (κ2) is 5.91. The van der Waals surface area contributed by atoms with Crippen LogP contribution in [0.4, 0.5) is 0 Å². The fourth-order valence-corrected chi connectivity index (χ4v) is 2.22. The molecule has 0 bridgehead atoms. The summed E-state index contributed by atoms with van der Waals surface area (Å²) in [6.45, 7) is 4.65. The van der Waals surface area contributed by atoms with Gasteiger partial charge in [0.25, 0.3) is 0 Å². The van der Waals surface area contributed by atoms with E-state index in [1.165, 1.54) is 0 Å². The van der Waals surface area contributed by atoms with Crippen molar-refractivity contribution >= 4 is 10.9 Å². The van der Waals surface area contributed by atoms with Crippen molar-refractivity contribution in [3.05, 3.63) is 42.1 Å². The highest BCUT2D eigenvalue weighted by Gasteiger charge is 2.20. The molecule has 0 fully saturated rings. The van der Waals surface area contributed by atoms with Crippen molar-refractivity contribution in [2.24, 2.45) is 5.84 Å². The maximum absolute atomic E-state index is 5.67. The Labute approximate surface area is 107 Å². The number of nitrogens with two attached hydrogens (primary N) is 1. The van der Waals surface area contributed by atoms with Crippen LogP contribution in [0.25, 0.3) is 10.9 Å². The van der Waals surface area contributed by atoms with Gasteiger partial charge >= 0.3 is 0 Å².